The van der Waals surface area contributed by atoms with Gasteiger partial charge in [-0.25, -0.2) is 0 Å². The molecule has 1 aromatic rings. The lowest BCUT2D eigenvalue weighted by atomic mass is 10.0. The third-order valence-corrected chi connectivity index (χ3v) is 2.63. The minimum absolute atomic E-state index is 0.223. The molecule has 0 saturated carbocycles. The van der Waals surface area contributed by atoms with Crippen molar-refractivity contribution < 1.29 is 4.74 Å². The number of hydrogen-bond donors (Lipinski definition) is 1. The van der Waals surface area contributed by atoms with Gasteiger partial charge in [0.05, 0.1) is 0 Å². The Kier molecular flexibility index (Phi) is 4.99. The maximum Gasteiger partial charge on any atom is 0.181 e. The zero-order chi connectivity index (χ0) is 12.8. The monoisotopic (exact) mass is 232 g/mol. The molecule has 0 fully saturated rings. The first-order valence-electron chi connectivity index (χ1n) is 5.98. The van der Waals surface area contributed by atoms with E-state index in [1.54, 1.807) is 6.92 Å². The van der Waals surface area contributed by atoms with Gasteiger partial charge in [0.2, 0.25) is 0 Å². The van der Waals surface area contributed by atoms with Crippen LogP contribution in [-0.4, -0.2) is 12.6 Å². The van der Waals surface area contributed by atoms with Gasteiger partial charge >= 0.3 is 0 Å². The van der Waals surface area contributed by atoms with Gasteiger partial charge in [-0.3, -0.25) is 0 Å². The molecule has 1 N–H and O–H groups in total. The smallest absolute Gasteiger partial charge is 0.181 e. The lowest BCUT2D eigenvalue weighted by Gasteiger charge is -2.19. The summed E-state index contributed by atoms with van der Waals surface area (Å²) in [6, 6.07) is 8.35. The van der Waals surface area contributed by atoms with E-state index in [-0.39, 0.29) is 6.04 Å². The molecular weight excluding hydrogens is 212 g/mol. The normalized spacial score (nSPS) is 13.8. The van der Waals surface area contributed by atoms with Crippen molar-refractivity contribution in [2.75, 3.05) is 6.54 Å². The van der Waals surface area contributed by atoms with E-state index in [0.717, 1.165) is 17.9 Å². The zero-order valence-corrected chi connectivity index (χ0v) is 10.9. The molecule has 0 amide bonds. The van der Waals surface area contributed by atoms with Gasteiger partial charge in [0.15, 0.2) is 6.10 Å². The quantitative estimate of drug-likeness (QED) is 0.849. The van der Waals surface area contributed by atoms with E-state index in [4.69, 9.17) is 10.00 Å². The molecule has 0 aliphatic carbocycles. The second kappa shape index (κ2) is 6.27. The fourth-order valence-electron chi connectivity index (χ4n) is 1.75. The van der Waals surface area contributed by atoms with Crippen molar-refractivity contribution in [1.29, 1.82) is 5.26 Å². The Morgan fingerprint density at radius 3 is 2.71 bits per heavy atom. The van der Waals surface area contributed by atoms with Crippen molar-refractivity contribution >= 4 is 0 Å². The maximum absolute atomic E-state index is 8.79. The first-order valence-corrected chi connectivity index (χ1v) is 5.98. The largest absolute Gasteiger partial charge is 0.476 e. The predicted molar refractivity (Wildman–Crippen MR) is 69.0 cm³/mol. The number of hydrogen-bond acceptors (Lipinski definition) is 3. The third-order valence-electron chi connectivity index (χ3n) is 2.63. The number of rotatable bonds is 5. The highest BCUT2D eigenvalue weighted by atomic mass is 16.5. The van der Waals surface area contributed by atoms with Crippen LogP contribution in [0.2, 0.25) is 0 Å². The second-order valence-corrected chi connectivity index (χ2v) is 4.21. The summed E-state index contributed by atoms with van der Waals surface area (Å²) in [5.41, 5.74) is 2.30. The number of aryl methyl sites for hydroxylation is 1. The first kappa shape index (κ1) is 13.5. The molecule has 0 bridgehead atoms. The van der Waals surface area contributed by atoms with Crippen LogP contribution in [0, 0.1) is 18.3 Å². The van der Waals surface area contributed by atoms with E-state index in [1.165, 1.54) is 5.56 Å². The van der Waals surface area contributed by atoms with Gasteiger partial charge < -0.3 is 10.1 Å². The molecule has 0 saturated heterocycles. The van der Waals surface area contributed by atoms with Crippen LogP contribution >= 0.6 is 0 Å². The van der Waals surface area contributed by atoms with Crippen LogP contribution in [0.4, 0.5) is 0 Å². The molecule has 0 aromatic heterocycles. The van der Waals surface area contributed by atoms with Gasteiger partial charge in [0.1, 0.15) is 11.8 Å². The van der Waals surface area contributed by atoms with Crippen LogP contribution in [0.5, 0.6) is 5.75 Å². The Labute approximate surface area is 103 Å². The predicted octanol–water partition coefficient (Wildman–Crippen LogP) is 2.96. The maximum atomic E-state index is 8.79. The minimum atomic E-state index is -0.426. The summed E-state index contributed by atoms with van der Waals surface area (Å²) in [5.74, 6) is 0.790. The number of nitrogens with one attached hydrogen (secondary N) is 1. The Morgan fingerprint density at radius 1 is 1.41 bits per heavy atom. The summed E-state index contributed by atoms with van der Waals surface area (Å²) in [4.78, 5) is 0. The summed E-state index contributed by atoms with van der Waals surface area (Å²) in [6.45, 7) is 8.89. The molecule has 0 aliphatic rings. The van der Waals surface area contributed by atoms with Crippen LogP contribution in [-0.2, 0) is 0 Å². The lowest BCUT2D eigenvalue weighted by molar-refractivity contribution is 0.271. The van der Waals surface area contributed by atoms with Crippen molar-refractivity contribution in [2.24, 2.45) is 0 Å². The highest BCUT2D eigenvalue weighted by molar-refractivity contribution is 5.39. The van der Waals surface area contributed by atoms with E-state index >= 15 is 0 Å². The topological polar surface area (TPSA) is 45.0 Å². The molecule has 2 unspecified atom stereocenters. The fourth-order valence-corrected chi connectivity index (χ4v) is 1.75. The summed E-state index contributed by atoms with van der Waals surface area (Å²) < 4.78 is 5.62. The lowest BCUT2D eigenvalue weighted by Crippen LogP contribution is -2.20. The summed E-state index contributed by atoms with van der Waals surface area (Å²) in [5, 5.41) is 12.2. The van der Waals surface area contributed by atoms with Crippen LogP contribution in [0.3, 0.4) is 0 Å². The molecule has 1 aromatic carbocycles. The van der Waals surface area contributed by atoms with E-state index < -0.39 is 6.10 Å². The minimum Gasteiger partial charge on any atom is -0.476 e. The van der Waals surface area contributed by atoms with Crippen molar-refractivity contribution in [3.63, 3.8) is 0 Å². The first-order chi connectivity index (χ1) is 8.08. The highest BCUT2D eigenvalue weighted by Gasteiger charge is 2.13. The Bertz CT molecular complexity index is 409. The molecule has 0 heterocycles. The molecule has 0 radical (unpaired) electrons. The van der Waals surface area contributed by atoms with Gasteiger partial charge in [-0.15, -0.1) is 0 Å². The third kappa shape index (κ3) is 3.76. The zero-order valence-electron chi connectivity index (χ0n) is 10.9. The Balaban J connectivity index is 2.99. The van der Waals surface area contributed by atoms with E-state index in [9.17, 15) is 0 Å². The van der Waals surface area contributed by atoms with Gasteiger partial charge in [-0.05, 0) is 33.4 Å². The summed E-state index contributed by atoms with van der Waals surface area (Å²) in [6.07, 6.45) is -0.426. The average molecular weight is 232 g/mol. The number of ether oxygens (including phenoxy) is 1. The Hall–Kier alpha value is -1.53. The van der Waals surface area contributed by atoms with Crippen LogP contribution in [0.25, 0.3) is 0 Å². The van der Waals surface area contributed by atoms with E-state index in [0.29, 0.717) is 0 Å². The molecule has 0 spiro atoms. The molecule has 2 atom stereocenters. The molecule has 92 valence electrons. The van der Waals surface area contributed by atoms with Gasteiger partial charge in [-0.1, -0.05) is 24.6 Å². The molecule has 17 heavy (non-hydrogen) atoms. The van der Waals surface area contributed by atoms with Crippen molar-refractivity contribution in [3.05, 3.63) is 29.3 Å². The van der Waals surface area contributed by atoms with Crippen molar-refractivity contribution in [2.45, 2.75) is 39.8 Å². The fraction of sp³-hybridized carbons (Fsp3) is 0.500. The van der Waals surface area contributed by atoms with Crippen LogP contribution < -0.4 is 10.1 Å². The highest BCUT2D eigenvalue weighted by Crippen LogP contribution is 2.27. The van der Waals surface area contributed by atoms with E-state index in [1.807, 2.05) is 12.1 Å². The number of nitriles is 1. The Morgan fingerprint density at radius 2 is 2.12 bits per heavy atom. The molecule has 3 nitrogen and oxygen atoms in total. The SMILES string of the molecule is CCNC(C)c1cc(C)ccc1OC(C)C#N. The van der Waals surface area contributed by atoms with E-state index in [2.05, 4.69) is 38.2 Å². The van der Waals surface area contributed by atoms with Gasteiger partial charge in [-0.2, -0.15) is 5.26 Å². The van der Waals surface area contributed by atoms with Crippen molar-refractivity contribution in [3.8, 4) is 11.8 Å². The summed E-state index contributed by atoms with van der Waals surface area (Å²) >= 11 is 0. The number of benzene rings is 1. The molecule has 0 aliphatic heterocycles. The molecule has 3 heteroatoms. The molecule has 1 rings (SSSR count). The van der Waals surface area contributed by atoms with Crippen LogP contribution in [0.1, 0.15) is 37.9 Å². The standard InChI is InChI=1S/C14H20N2O/c1-5-16-12(4)13-8-10(2)6-7-14(13)17-11(3)9-15/h6-8,11-12,16H,5H2,1-4H3. The van der Waals surface area contributed by atoms with Gasteiger partial charge in [0.25, 0.3) is 0 Å². The van der Waals surface area contributed by atoms with Crippen molar-refractivity contribution in [1.82, 2.24) is 5.32 Å². The molecular formula is C14H20N2O. The van der Waals surface area contributed by atoms with Gasteiger partial charge in [0, 0.05) is 11.6 Å². The number of nitrogens with zero attached hydrogens (tertiary/aromatic N) is 1. The second-order valence-electron chi connectivity index (χ2n) is 4.21. The summed E-state index contributed by atoms with van der Waals surface area (Å²) in [7, 11) is 0. The average Bonchev–Trinajstić information content (AvgIpc) is 2.31. The van der Waals surface area contributed by atoms with Crippen LogP contribution in [0.15, 0.2) is 18.2 Å².